The van der Waals surface area contributed by atoms with E-state index in [2.05, 4.69) is 10.6 Å². The molecule has 4 amide bonds. The highest BCUT2D eigenvalue weighted by Crippen LogP contribution is 2.19. The summed E-state index contributed by atoms with van der Waals surface area (Å²) in [5.41, 5.74) is 0.541. The molecule has 33 heavy (non-hydrogen) atoms. The molecule has 1 aromatic carbocycles. The zero-order valence-electron chi connectivity index (χ0n) is 18.6. The molecular weight excluding hydrogens is 424 g/mol. The van der Waals surface area contributed by atoms with E-state index in [-0.39, 0.29) is 36.3 Å². The Hall–Kier alpha value is -3.49. The zero-order valence-corrected chi connectivity index (χ0v) is 18.6. The number of carbonyl (C=O) groups is 3. The van der Waals surface area contributed by atoms with E-state index in [0.717, 1.165) is 12.8 Å². The van der Waals surface area contributed by atoms with Gasteiger partial charge in [-0.3, -0.25) is 9.59 Å². The average Bonchev–Trinajstić information content (AvgIpc) is 3.39. The summed E-state index contributed by atoms with van der Waals surface area (Å²) in [5, 5.41) is 5.86. The number of piperazine rings is 1. The minimum atomic E-state index is -0.362. The lowest BCUT2D eigenvalue weighted by molar-refractivity contribution is -0.134. The molecule has 0 atom stereocenters. The first kappa shape index (κ1) is 22.7. The third-order valence-electron chi connectivity index (χ3n) is 6.05. The maximum absolute atomic E-state index is 12.6. The van der Waals surface area contributed by atoms with Crippen LogP contribution < -0.4 is 15.4 Å². The summed E-state index contributed by atoms with van der Waals surface area (Å²) in [5.74, 6) is 0.195. The molecule has 1 saturated heterocycles. The molecule has 0 spiro atoms. The van der Waals surface area contributed by atoms with Crippen LogP contribution in [0.1, 0.15) is 42.7 Å². The van der Waals surface area contributed by atoms with Crippen LogP contribution >= 0.6 is 0 Å². The summed E-state index contributed by atoms with van der Waals surface area (Å²) in [6.45, 7) is 1.89. The standard InChI is InChI=1S/C24H30N4O5/c29-22(27-11-13-28(14-12-27)24(31)26-18-6-2-1-3-7-18)17-33-20-9-4-8-19(16-20)25-23(30)21-10-5-15-32-21/h4-5,8-10,15-16,18H,1-3,6-7,11-14,17H2,(H,25,30)(H,26,31). The highest BCUT2D eigenvalue weighted by atomic mass is 16.5. The number of ether oxygens (including phenoxy) is 1. The Kier molecular flexibility index (Phi) is 7.49. The molecule has 1 aromatic heterocycles. The average molecular weight is 455 g/mol. The van der Waals surface area contributed by atoms with Gasteiger partial charge in [-0.25, -0.2) is 4.79 Å². The molecule has 2 aromatic rings. The highest BCUT2D eigenvalue weighted by molar-refractivity contribution is 6.02. The number of hydrogen-bond acceptors (Lipinski definition) is 5. The van der Waals surface area contributed by atoms with Gasteiger partial charge in [-0.2, -0.15) is 0 Å². The molecule has 4 rings (SSSR count). The third-order valence-corrected chi connectivity index (χ3v) is 6.05. The van der Waals surface area contributed by atoms with Gasteiger partial charge in [0.1, 0.15) is 5.75 Å². The van der Waals surface area contributed by atoms with E-state index in [1.54, 1.807) is 46.2 Å². The molecule has 1 aliphatic carbocycles. The Bertz CT molecular complexity index is 948. The van der Waals surface area contributed by atoms with Gasteiger partial charge in [0.25, 0.3) is 11.8 Å². The molecule has 1 saturated carbocycles. The lowest BCUT2D eigenvalue weighted by Gasteiger charge is -2.36. The van der Waals surface area contributed by atoms with E-state index in [0.29, 0.717) is 37.6 Å². The number of rotatable bonds is 6. The zero-order chi connectivity index (χ0) is 23.0. The molecule has 2 heterocycles. The first-order valence-electron chi connectivity index (χ1n) is 11.5. The second-order valence-corrected chi connectivity index (χ2v) is 8.40. The van der Waals surface area contributed by atoms with Crippen molar-refractivity contribution < 1.29 is 23.5 Å². The van der Waals surface area contributed by atoms with E-state index in [1.807, 2.05) is 0 Å². The Balaban J connectivity index is 1.20. The van der Waals surface area contributed by atoms with Gasteiger partial charge in [0.2, 0.25) is 0 Å². The first-order chi connectivity index (χ1) is 16.1. The fourth-order valence-electron chi connectivity index (χ4n) is 4.17. The van der Waals surface area contributed by atoms with Crippen LogP contribution in [0.15, 0.2) is 47.1 Å². The van der Waals surface area contributed by atoms with Crippen LogP contribution in [0, 0.1) is 0 Å². The Labute approximate surface area is 193 Å². The molecule has 0 radical (unpaired) electrons. The molecule has 9 nitrogen and oxygen atoms in total. The van der Waals surface area contributed by atoms with Gasteiger partial charge < -0.3 is 29.6 Å². The van der Waals surface area contributed by atoms with Gasteiger partial charge in [-0.15, -0.1) is 0 Å². The van der Waals surface area contributed by atoms with Crippen LogP contribution in [-0.2, 0) is 4.79 Å². The molecule has 2 fully saturated rings. The van der Waals surface area contributed by atoms with Crippen molar-refractivity contribution in [3.8, 4) is 5.75 Å². The fourth-order valence-corrected chi connectivity index (χ4v) is 4.17. The Morgan fingerprint density at radius 2 is 1.73 bits per heavy atom. The summed E-state index contributed by atoms with van der Waals surface area (Å²) in [4.78, 5) is 40.7. The molecule has 0 bridgehead atoms. The first-order valence-corrected chi connectivity index (χ1v) is 11.5. The quantitative estimate of drug-likeness (QED) is 0.698. The maximum Gasteiger partial charge on any atom is 0.317 e. The summed E-state index contributed by atoms with van der Waals surface area (Å²) >= 11 is 0. The minimum absolute atomic E-state index is 0.0290. The molecule has 9 heteroatoms. The summed E-state index contributed by atoms with van der Waals surface area (Å²) in [7, 11) is 0. The largest absolute Gasteiger partial charge is 0.484 e. The maximum atomic E-state index is 12.6. The topological polar surface area (TPSA) is 104 Å². The van der Waals surface area contributed by atoms with E-state index in [4.69, 9.17) is 9.15 Å². The number of nitrogens with zero attached hydrogens (tertiary/aromatic N) is 2. The van der Waals surface area contributed by atoms with Crippen molar-refractivity contribution in [1.29, 1.82) is 0 Å². The third kappa shape index (κ3) is 6.27. The number of anilines is 1. The van der Waals surface area contributed by atoms with Gasteiger partial charge in [0.15, 0.2) is 12.4 Å². The number of furan rings is 1. The Morgan fingerprint density at radius 3 is 2.45 bits per heavy atom. The smallest absolute Gasteiger partial charge is 0.317 e. The van der Waals surface area contributed by atoms with Crippen LogP contribution in [-0.4, -0.2) is 66.5 Å². The molecule has 0 unspecified atom stereocenters. The number of benzene rings is 1. The number of hydrogen-bond donors (Lipinski definition) is 2. The van der Waals surface area contributed by atoms with Gasteiger partial charge >= 0.3 is 6.03 Å². The summed E-state index contributed by atoms with van der Waals surface area (Å²) in [6, 6.07) is 10.3. The lowest BCUT2D eigenvalue weighted by Crippen LogP contribution is -2.55. The van der Waals surface area contributed by atoms with Gasteiger partial charge in [0, 0.05) is 44.0 Å². The lowest BCUT2D eigenvalue weighted by atomic mass is 9.96. The van der Waals surface area contributed by atoms with Crippen molar-refractivity contribution in [2.24, 2.45) is 0 Å². The van der Waals surface area contributed by atoms with Crippen molar-refractivity contribution in [2.75, 3.05) is 38.1 Å². The van der Waals surface area contributed by atoms with E-state index in [9.17, 15) is 14.4 Å². The van der Waals surface area contributed by atoms with Crippen LogP contribution in [0.25, 0.3) is 0 Å². The van der Waals surface area contributed by atoms with Crippen molar-refractivity contribution in [1.82, 2.24) is 15.1 Å². The van der Waals surface area contributed by atoms with Crippen LogP contribution in [0.4, 0.5) is 10.5 Å². The number of nitrogens with one attached hydrogen (secondary N) is 2. The number of amides is 4. The van der Waals surface area contributed by atoms with Crippen LogP contribution in [0.2, 0.25) is 0 Å². The summed E-state index contributed by atoms with van der Waals surface area (Å²) in [6.07, 6.45) is 7.13. The molecule has 1 aliphatic heterocycles. The predicted octanol–water partition coefficient (Wildman–Crippen LogP) is 3.10. The van der Waals surface area contributed by atoms with Crippen LogP contribution in [0.5, 0.6) is 5.75 Å². The Morgan fingerprint density at radius 1 is 0.970 bits per heavy atom. The minimum Gasteiger partial charge on any atom is -0.484 e. The number of urea groups is 1. The molecule has 2 N–H and O–H groups in total. The van der Waals surface area contributed by atoms with Crippen molar-refractivity contribution >= 4 is 23.5 Å². The van der Waals surface area contributed by atoms with Gasteiger partial charge in [-0.1, -0.05) is 25.3 Å². The molecular formula is C24H30N4O5. The van der Waals surface area contributed by atoms with Crippen molar-refractivity contribution in [3.63, 3.8) is 0 Å². The van der Waals surface area contributed by atoms with E-state index >= 15 is 0 Å². The second kappa shape index (κ2) is 10.9. The van der Waals surface area contributed by atoms with Crippen molar-refractivity contribution in [3.05, 3.63) is 48.4 Å². The van der Waals surface area contributed by atoms with E-state index in [1.165, 1.54) is 25.5 Å². The highest BCUT2D eigenvalue weighted by Gasteiger charge is 2.26. The number of carbonyl (C=O) groups excluding carboxylic acids is 3. The van der Waals surface area contributed by atoms with Crippen LogP contribution in [0.3, 0.4) is 0 Å². The normalized spacial score (nSPS) is 16.8. The van der Waals surface area contributed by atoms with E-state index < -0.39 is 0 Å². The monoisotopic (exact) mass is 454 g/mol. The van der Waals surface area contributed by atoms with Crippen molar-refractivity contribution in [2.45, 2.75) is 38.1 Å². The molecule has 2 aliphatic rings. The fraction of sp³-hybridized carbons (Fsp3) is 0.458. The summed E-state index contributed by atoms with van der Waals surface area (Å²) < 4.78 is 10.7. The predicted molar refractivity (Wildman–Crippen MR) is 122 cm³/mol. The van der Waals surface area contributed by atoms with Gasteiger partial charge in [-0.05, 0) is 37.1 Å². The van der Waals surface area contributed by atoms with Gasteiger partial charge in [0.05, 0.1) is 6.26 Å². The SMILES string of the molecule is O=C(Nc1cccc(OCC(=O)N2CCN(C(=O)NC3CCCCC3)CC2)c1)c1ccco1. The molecule has 176 valence electrons. The second-order valence-electron chi connectivity index (χ2n) is 8.40.